The van der Waals surface area contributed by atoms with Crippen LogP contribution in [0.1, 0.15) is 27.7 Å². The molecule has 5 rings (SSSR count). The number of hydrogen-bond acceptors (Lipinski definition) is 30. The summed E-state index contributed by atoms with van der Waals surface area (Å²) in [6, 6.07) is -5.23. The molecule has 0 aromatic carbocycles. The second kappa shape index (κ2) is 28.0. The van der Waals surface area contributed by atoms with Gasteiger partial charge in [-0.25, -0.2) is 0 Å². The number of aliphatic hydroxyl groups is 17. The first-order valence-electron chi connectivity index (χ1n) is 23.9. The number of carbonyl (C=O) groups excluding carboxylic acids is 3. The van der Waals surface area contributed by atoms with Crippen LogP contribution >= 0.6 is 0 Å². The molecule has 0 aromatic rings. The molecule has 0 radical (unpaired) electrons. The maximum Gasteiger partial charge on any atom is 0.217 e. The monoisotopic (exact) mass is 1100 g/mol. The molecule has 33 nitrogen and oxygen atoms in total. The highest BCUT2D eigenvalue weighted by molar-refractivity contribution is 5.74. The molecule has 0 aliphatic carbocycles. The fraction of sp³-hybridized carbons (Fsp3) is 0.929. The summed E-state index contributed by atoms with van der Waals surface area (Å²) < 4.78 is 58.1. The van der Waals surface area contributed by atoms with E-state index in [9.17, 15) is 101 Å². The molecule has 33 heteroatoms. The molecule has 5 fully saturated rings. The minimum atomic E-state index is -2.34. The van der Waals surface area contributed by atoms with Gasteiger partial charge in [0.2, 0.25) is 17.7 Å². The first-order valence-corrected chi connectivity index (χ1v) is 23.9. The van der Waals surface area contributed by atoms with E-state index in [-0.39, 0.29) is 0 Å². The van der Waals surface area contributed by atoms with Crippen LogP contribution in [0, 0.1) is 0 Å². The molecule has 0 unspecified atom stereocenters. The van der Waals surface area contributed by atoms with Crippen molar-refractivity contribution in [2.24, 2.45) is 0 Å². The fourth-order valence-electron chi connectivity index (χ4n) is 9.17. The zero-order chi connectivity index (χ0) is 55.9. The third kappa shape index (κ3) is 14.8. The molecule has 3 amide bonds. The average molecular weight is 1100 g/mol. The van der Waals surface area contributed by atoms with Gasteiger partial charge in [-0.1, -0.05) is 0 Å². The van der Waals surface area contributed by atoms with Gasteiger partial charge in [0.15, 0.2) is 31.5 Å². The molecule has 436 valence electrons. The van der Waals surface area contributed by atoms with Gasteiger partial charge < -0.3 is 150 Å². The molecule has 75 heavy (non-hydrogen) atoms. The summed E-state index contributed by atoms with van der Waals surface area (Å²) in [7, 11) is 0. The van der Waals surface area contributed by atoms with E-state index in [2.05, 4.69) is 16.0 Å². The van der Waals surface area contributed by atoms with E-state index in [4.69, 9.17) is 47.4 Å². The Balaban J connectivity index is 1.46. The summed E-state index contributed by atoms with van der Waals surface area (Å²) in [5.74, 6) is -2.55. The van der Waals surface area contributed by atoms with E-state index < -0.39 is 235 Å². The van der Waals surface area contributed by atoms with Crippen LogP contribution in [-0.4, -0.2) is 322 Å². The van der Waals surface area contributed by atoms with Crippen molar-refractivity contribution in [3.05, 3.63) is 0 Å². The predicted molar refractivity (Wildman–Crippen MR) is 235 cm³/mol. The van der Waals surface area contributed by atoms with Gasteiger partial charge in [0, 0.05) is 20.8 Å². The van der Waals surface area contributed by atoms with Crippen molar-refractivity contribution >= 4 is 17.7 Å². The van der Waals surface area contributed by atoms with Gasteiger partial charge in [-0.15, -0.1) is 0 Å². The summed E-state index contributed by atoms with van der Waals surface area (Å²) in [5.41, 5.74) is 0. The Labute approximate surface area is 426 Å². The standard InChI is InChI=1S/C42H73N3O30/c1-11-23(55)28(60)31(63)40(67-11)75-37-22(45-14(4)53)39(71-20(9-50)36(37)74-42-33(65)30(62)26(58)18(7-48)69-42)72-34(15(5-46)43-12(2)51)24(56)16(54)10-66-38-21(44-13(3)52)27(59)35(19(8-49)70-38)73-41-32(64)29(61)25(57)17(6-47)68-41/h11,15-42,46-50,54-65H,5-10H2,1-4H3,(H,43,51)(H,44,52)(H,45,53)/t11-,15-,16+,17+,18+,19+,20+,21+,22+,23+,24-,25-,26-,27+,28+,29-,30-,31-,32+,33+,34+,35+,36+,37+,38+,39-,40-,41-,42-/m0/s1. The summed E-state index contributed by atoms with van der Waals surface area (Å²) in [5, 5.41) is 188. The lowest BCUT2D eigenvalue weighted by atomic mass is 9.94. The Morgan fingerprint density at radius 1 is 0.480 bits per heavy atom. The number of nitrogens with one attached hydrogen (secondary N) is 3. The first kappa shape index (κ1) is 63.2. The minimum Gasteiger partial charge on any atom is -0.394 e. The van der Waals surface area contributed by atoms with E-state index in [1.165, 1.54) is 6.92 Å². The zero-order valence-corrected chi connectivity index (χ0v) is 40.9. The highest BCUT2D eigenvalue weighted by atomic mass is 16.8. The van der Waals surface area contributed by atoms with Crippen molar-refractivity contribution in [2.45, 2.75) is 205 Å². The Morgan fingerprint density at radius 2 is 0.907 bits per heavy atom. The first-order chi connectivity index (χ1) is 35.3. The summed E-state index contributed by atoms with van der Waals surface area (Å²) in [4.78, 5) is 37.9. The second-order valence-corrected chi connectivity index (χ2v) is 18.8. The average Bonchev–Trinajstić information content (AvgIpc) is 3.37. The molecule has 0 spiro atoms. The lowest BCUT2D eigenvalue weighted by Crippen LogP contribution is -2.70. The van der Waals surface area contributed by atoms with E-state index in [1.54, 1.807) is 0 Å². The smallest absolute Gasteiger partial charge is 0.217 e. The summed E-state index contributed by atoms with van der Waals surface area (Å²) >= 11 is 0. The lowest BCUT2D eigenvalue weighted by Gasteiger charge is -2.51. The van der Waals surface area contributed by atoms with Crippen LogP contribution in [0.5, 0.6) is 0 Å². The molecule has 0 aromatic heterocycles. The van der Waals surface area contributed by atoms with Gasteiger partial charge in [-0.2, -0.15) is 0 Å². The maximum absolute atomic E-state index is 13.0. The Kier molecular flexibility index (Phi) is 23.5. The van der Waals surface area contributed by atoms with Gasteiger partial charge in [0.1, 0.15) is 134 Å². The van der Waals surface area contributed by atoms with Crippen LogP contribution in [0.4, 0.5) is 0 Å². The number of carbonyl (C=O) groups is 3. The molecule has 0 saturated carbocycles. The van der Waals surface area contributed by atoms with Crippen LogP contribution in [0.2, 0.25) is 0 Å². The van der Waals surface area contributed by atoms with Crippen LogP contribution in [0.3, 0.4) is 0 Å². The van der Waals surface area contributed by atoms with Crippen molar-refractivity contribution in [2.75, 3.05) is 39.6 Å². The molecule has 5 heterocycles. The van der Waals surface area contributed by atoms with Crippen molar-refractivity contribution in [3.63, 3.8) is 0 Å². The number of amides is 3. The minimum absolute atomic E-state index is 0.807. The lowest BCUT2D eigenvalue weighted by molar-refractivity contribution is -0.377. The van der Waals surface area contributed by atoms with Gasteiger partial charge >= 0.3 is 0 Å². The van der Waals surface area contributed by atoms with E-state index >= 15 is 0 Å². The molecule has 0 bridgehead atoms. The van der Waals surface area contributed by atoms with Crippen LogP contribution in [0.25, 0.3) is 0 Å². The largest absolute Gasteiger partial charge is 0.394 e. The summed E-state index contributed by atoms with van der Waals surface area (Å²) in [6.45, 7) is -1.66. The Bertz CT molecular complexity index is 1800. The number of aliphatic hydroxyl groups excluding tert-OH is 17. The van der Waals surface area contributed by atoms with Crippen molar-refractivity contribution in [1.29, 1.82) is 0 Å². The Morgan fingerprint density at radius 3 is 1.39 bits per heavy atom. The van der Waals surface area contributed by atoms with E-state index in [0.717, 1.165) is 20.8 Å². The third-order valence-electron chi connectivity index (χ3n) is 13.2. The fourth-order valence-corrected chi connectivity index (χ4v) is 9.17. The molecule has 5 saturated heterocycles. The number of hydrogen-bond donors (Lipinski definition) is 20. The van der Waals surface area contributed by atoms with E-state index in [1.807, 2.05) is 0 Å². The zero-order valence-electron chi connectivity index (χ0n) is 40.9. The molecular formula is C42H73N3O30. The number of ether oxygens (including phenoxy) is 10. The van der Waals surface area contributed by atoms with Crippen LogP contribution in [-0.2, 0) is 61.8 Å². The van der Waals surface area contributed by atoms with Crippen molar-refractivity contribution in [3.8, 4) is 0 Å². The van der Waals surface area contributed by atoms with Gasteiger partial charge in [0.25, 0.3) is 0 Å². The van der Waals surface area contributed by atoms with Crippen molar-refractivity contribution < 1.29 is 149 Å². The predicted octanol–water partition coefficient (Wildman–Crippen LogP) is -13.0. The van der Waals surface area contributed by atoms with E-state index in [0.29, 0.717) is 0 Å². The van der Waals surface area contributed by atoms with Gasteiger partial charge in [-0.3, -0.25) is 14.4 Å². The molecule has 5 aliphatic heterocycles. The quantitative estimate of drug-likeness (QED) is 0.0479. The SMILES string of the molecule is CC(=O)N[C@H]1[C@H](OC[C@@H](O)[C@H](O)[C@H](O[C@@H]2O[C@H](CO)[C@@H](O[C@@H]3O[C@H](CO)[C@H](O)[C@H](O)[C@H]3O)[C@H](O[C@@H]3O[C@@H](C)[C@@H](O)[C@@H](O)[C@@H]3O)[C@H]2NC(C)=O)[C@H](CO)NC(C)=O)O[C@H](CO)[C@@H](O[C@@H]2O[C@H](CO)[C@H](O)[C@H](O)[C@H]2O)[C@@H]1O. The maximum atomic E-state index is 13.0. The molecule has 5 aliphatic rings. The van der Waals surface area contributed by atoms with Crippen LogP contribution < -0.4 is 16.0 Å². The normalized spacial score (nSPS) is 44.2. The molecule has 29 atom stereocenters. The van der Waals surface area contributed by atoms with Gasteiger partial charge in [-0.05, 0) is 6.92 Å². The highest BCUT2D eigenvalue weighted by Crippen LogP contribution is 2.36. The summed E-state index contributed by atoms with van der Waals surface area (Å²) in [6.07, 6.45) is -48.8. The van der Waals surface area contributed by atoms with Crippen molar-refractivity contribution in [1.82, 2.24) is 16.0 Å². The molecular weight excluding hydrogens is 1030 g/mol. The Hall–Kier alpha value is -2.67. The second-order valence-electron chi connectivity index (χ2n) is 18.8. The van der Waals surface area contributed by atoms with Gasteiger partial charge in [0.05, 0.1) is 51.8 Å². The highest BCUT2D eigenvalue weighted by Gasteiger charge is 2.57. The number of rotatable bonds is 22. The third-order valence-corrected chi connectivity index (χ3v) is 13.2. The molecule has 20 N–H and O–H groups in total. The topological polar surface area (TPSA) is 524 Å². The van der Waals surface area contributed by atoms with Crippen LogP contribution in [0.15, 0.2) is 0 Å².